The Labute approximate surface area is 108 Å². The molecule has 1 fully saturated rings. The van der Waals surface area contributed by atoms with Crippen LogP contribution < -0.4 is 10.6 Å². The van der Waals surface area contributed by atoms with E-state index in [9.17, 15) is 4.79 Å². The van der Waals surface area contributed by atoms with Gasteiger partial charge in [0.15, 0.2) is 0 Å². The number of nitrogens with zero attached hydrogens (tertiary/aromatic N) is 1. The number of rotatable bonds is 3. The molecule has 1 saturated carbocycles. The molecular weight excluding hydrogens is 226 g/mol. The molecule has 0 radical (unpaired) electrons. The van der Waals surface area contributed by atoms with Crippen LogP contribution in [0.4, 0.5) is 5.69 Å². The molecule has 0 aromatic carbocycles. The molecule has 0 saturated heterocycles. The molecule has 98 valence electrons. The monoisotopic (exact) mass is 247 g/mol. The summed E-state index contributed by atoms with van der Waals surface area (Å²) >= 11 is 0. The van der Waals surface area contributed by atoms with Crippen molar-refractivity contribution in [3.8, 4) is 0 Å². The minimum absolute atomic E-state index is 0.0312. The molecule has 4 heteroatoms. The lowest BCUT2D eigenvalue weighted by Crippen LogP contribution is -2.43. The van der Waals surface area contributed by atoms with Gasteiger partial charge >= 0.3 is 0 Å². The third-order valence-electron chi connectivity index (χ3n) is 3.68. The Bertz CT molecular complexity index is 450. The van der Waals surface area contributed by atoms with Gasteiger partial charge in [0.05, 0.1) is 11.3 Å². The molecule has 4 nitrogen and oxygen atoms in total. The van der Waals surface area contributed by atoms with Crippen molar-refractivity contribution < 1.29 is 4.79 Å². The Morgan fingerprint density at radius 2 is 2.06 bits per heavy atom. The van der Waals surface area contributed by atoms with Crippen molar-refractivity contribution in [1.82, 2.24) is 10.3 Å². The molecule has 1 aromatic rings. The van der Waals surface area contributed by atoms with Crippen LogP contribution in [0, 0.1) is 6.92 Å². The minimum Gasteiger partial charge on any atom is -0.387 e. The summed E-state index contributed by atoms with van der Waals surface area (Å²) in [5.41, 5.74) is 2.31. The van der Waals surface area contributed by atoms with Crippen molar-refractivity contribution in [3.05, 3.63) is 23.5 Å². The van der Waals surface area contributed by atoms with Gasteiger partial charge in [-0.15, -0.1) is 0 Å². The van der Waals surface area contributed by atoms with Gasteiger partial charge in [0, 0.05) is 24.5 Å². The highest BCUT2D eigenvalue weighted by atomic mass is 16.1. The number of anilines is 1. The van der Waals surface area contributed by atoms with Crippen LogP contribution in [0.5, 0.6) is 0 Å². The third-order valence-corrected chi connectivity index (χ3v) is 3.68. The lowest BCUT2D eigenvalue weighted by Gasteiger charge is -2.25. The molecule has 1 amide bonds. The maximum atomic E-state index is 12.3. The van der Waals surface area contributed by atoms with Crippen LogP contribution >= 0.6 is 0 Å². The fourth-order valence-corrected chi connectivity index (χ4v) is 2.57. The number of aryl methyl sites for hydroxylation is 1. The van der Waals surface area contributed by atoms with Crippen molar-refractivity contribution in [1.29, 1.82) is 0 Å². The van der Waals surface area contributed by atoms with Crippen molar-refractivity contribution in [2.24, 2.45) is 0 Å². The van der Waals surface area contributed by atoms with Crippen molar-refractivity contribution in [3.63, 3.8) is 0 Å². The largest absolute Gasteiger partial charge is 0.387 e. The van der Waals surface area contributed by atoms with Crippen molar-refractivity contribution in [2.75, 3.05) is 12.4 Å². The van der Waals surface area contributed by atoms with E-state index >= 15 is 0 Å². The van der Waals surface area contributed by atoms with E-state index in [1.165, 1.54) is 12.8 Å². The number of carbonyl (C=O) groups is 1. The molecule has 1 aromatic heterocycles. The first-order chi connectivity index (χ1) is 8.54. The first-order valence-corrected chi connectivity index (χ1v) is 6.51. The summed E-state index contributed by atoms with van der Waals surface area (Å²) in [4.78, 5) is 16.5. The molecule has 1 aliphatic rings. The maximum absolute atomic E-state index is 12.3. The summed E-state index contributed by atoms with van der Waals surface area (Å²) < 4.78 is 0. The molecule has 0 spiro atoms. The Hall–Kier alpha value is -1.58. The van der Waals surface area contributed by atoms with E-state index in [1.54, 1.807) is 6.20 Å². The van der Waals surface area contributed by atoms with Gasteiger partial charge in [-0.1, -0.05) is 12.8 Å². The molecule has 0 atom stereocenters. The fourth-order valence-electron chi connectivity index (χ4n) is 2.57. The molecule has 2 rings (SSSR count). The summed E-state index contributed by atoms with van der Waals surface area (Å²) in [5.74, 6) is -0.0312. The predicted octanol–water partition coefficient (Wildman–Crippen LogP) is 2.49. The average Bonchev–Trinajstić information content (AvgIpc) is 2.75. The highest BCUT2D eigenvalue weighted by Crippen LogP contribution is 2.29. The van der Waals surface area contributed by atoms with E-state index in [1.807, 2.05) is 20.0 Å². The first-order valence-electron chi connectivity index (χ1n) is 6.51. The molecule has 1 aliphatic carbocycles. The SMILES string of the molecule is CNc1cc(C)ncc1C(=O)NC1(C)CCCC1. The Morgan fingerprint density at radius 1 is 1.39 bits per heavy atom. The van der Waals surface area contributed by atoms with Crippen LogP contribution in [0.3, 0.4) is 0 Å². The molecule has 0 unspecified atom stereocenters. The Kier molecular flexibility index (Phi) is 3.55. The maximum Gasteiger partial charge on any atom is 0.255 e. The molecule has 2 N–H and O–H groups in total. The fraction of sp³-hybridized carbons (Fsp3) is 0.571. The van der Waals surface area contributed by atoms with E-state index in [-0.39, 0.29) is 11.4 Å². The summed E-state index contributed by atoms with van der Waals surface area (Å²) in [6, 6.07) is 1.89. The molecule has 0 bridgehead atoms. The predicted molar refractivity (Wildman–Crippen MR) is 72.9 cm³/mol. The third kappa shape index (κ3) is 2.63. The zero-order valence-corrected chi connectivity index (χ0v) is 11.3. The summed E-state index contributed by atoms with van der Waals surface area (Å²) in [7, 11) is 1.82. The van der Waals surface area contributed by atoms with Gasteiger partial charge in [0.25, 0.3) is 5.91 Å². The molecular formula is C14H21N3O. The number of hydrogen-bond acceptors (Lipinski definition) is 3. The second-order valence-electron chi connectivity index (χ2n) is 5.34. The number of nitrogens with one attached hydrogen (secondary N) is 2. The molecule has 1 heterocycles. The zero-order valence-electron chi connectivity index (χ0n) is 11.3. The molecule has 0 aliphatic heterocycles. The zero-order chi connectivity index (χ0) is 13.2. The van der Waals surface area contributed by atoms with Crippen LogP contribution in [0.1, 0.15) is 48.7 Å². The van der Waals surface area contributed by atoms with Crippen molar-refractivity contribution >= 4 is 11.6 Å². The van der Waals surface area contributed by atoms with Gasteiger partial charge in [-0.05, 0) is 32.8 Å². The minimum atomic E-state index is -0.0486. The number of amides is 1. The highest BCUT2D eigenvalue weighted by Gasteiger charge is 2.30. The van der Waals surface area contributed by atoms with E-state index < -0.39 is 0 Å². The second-order valence-corrected chi connectivity index (χ2v) is 5.34. The lowest BCUT2D eigenvalue weighted by atomic mass is 10.00. The van der Waals surface area contributed by atoms with Gasteiger partial charge in [0.2, 0.25) is 0 Å². The number of aromatic nitrogens is 1. The van der Waals surface area contributed by atoms with Gasteiger partial charge in [-0.2, -0.15) is 0 Å². The van der Waals surface area contributed by atoms with Crippen LogP contribution in [0.25, 0.3) is 0 Å². The second kappa shape index (κ2) is 4.96. The van der Waals surface area contributed by atoms with Gasteiger partial charge in [-0.25, -0.2) is 0 Å². The summed E-state index contributed by atoms with van der Waals surface area (Å²) in [6.07, 6.45) is 6.16. The topological polar surface area (TPSA) is 54.0 Å². The number of carbonyl (C=O) groups excluding carboxylic acids is 1. The van der Waals surface area contributed by atoms with Crippen LogP contribution in [0.2, 0.25) is 0 Å². The standard InChI is InChI=1S/C14H21N3O/c1-10-8-12(15-3)11(9-16-10)13(18)17-14(2)6-4-5-7-14/h8-9H,4-7H2,1-3H3,(H,15,16)(H,17,18). The molecule has 18 heavy (non-hydrogen) atoms. The number of pyridine rings is 1. The normalized spacial score (nSPS) is 17.5. The Morgan fingerprint density at radius 3 is 2.67 bits per heavy atom. The van der Waals surface area contributed by atoms with E-state index in [2.05, 4.69) is 22.5 Å². The number of hydrogen-bond donors (Lipinski definition) is 2. The lowest BCUT2D eigenvalue weighted by molar-refractivity contribution is 0.0908. The quantitative estimate of drug-likeness (QED) is 0.863. The van der Waals surface area contributed by atoms with Crippen LogP contribution in [0.15, 0.2) is 12.3 Å². The van der Waals surface area contributed by atoms with Gasteiger partial charge in [0.1, 0.15) is 0 Å². The first kappa shape index (κ1) is 12.9. The van der Waals surface area contributed by atoms with E-state index in [0.29, 0.717) is 5.56 Å². The van der Waals surface area contributed by atoms with Gasteiger partial charge < -0.3 is 10.6 Å². The van der Waals surface area contributed by atoms with Crippen LogP contribution in [-0.4, -0.2) is 23.5 Å². The average molecular weight is 247 g/mol. The summed E-state index contributed by atoms with van der Waals surface area (Å²) in [5, 5.41) is 6.20. The van der Waals surface area contributed by atoms with Crippen molar-refractivity contribution in [2.45, 2.75) is 45.1 Å². The smallest absolute Gasteiger partial charge is 0.255 e. The van der Waals surface area contributed by atoms with E-state index in [0.717, 1.165) is 24.2 Å². The summed E-state index contributed by atoms with van der Waals surface area (Å²) in [6.45, 7) is 4.04. The highest BCUT2D eigenvalue weighted by molar-refractivity contribution is 5.99. The van der Waals surface area contributed by atoms with Gasteiger partial charge in [-0.3, -0.25) is 9.78 Å². The van der Waals surface area contributed by atoms with Crippen LogP contribution in [-0.2, 0) is 0 Å². The Balaban J connectivity index is 2.18. The van der Waals surface area contributed by atoms with E-state index in [4.69, 9.17) is 0 Å².